The van der Waals surface area contributed by atoms with Gasteiger partial charge in [-0.2, -0.15) is 0 Å². The SMILES string of the molecule is O=C(C[C@H](CNc1nc(-c2ccc3nccn3c2)nc2ccccc12)c1ccccc1)c1ccccc1. The van der Waals surface area contributed by atoms with Crippen molar-refractivity contribution < 1.29 is 4.79 Å². The van der Waals surface area contributed by atoms with Crippen LogP contribution in [0, 0.1) is 0 Å². The zero-order chi connectivity index (χ0) is 25.0. The van der Waals surface area contributed by atoms with Crippen LogP contribution in [0.3, 0.4) is 0 Å². The van der Waals surface area contributed by atoms with E-state index in [-0.39, 0.29) is 11.7 Å². The van der Waals surface area contributed by atoms with Crippen molar-refractivity contribution in [2.45, 2.75) is 12.3 Å². The Hall–Kier alpha value is -4.84. The Balaban J connectivity index is 1.33. The maximum atomic E-state index is 13.1. The lowest BCUT2D eigenvalue weighted by molar-refractivity contribution is 0.0975. The van der Waals surface area contributed by atoms with Gasteiger partial charge < -0.3 is 9.72 Å². The van der Waals surface area contributed by atoms with Gasteiger partial charge in [0.1, 0.15) is 11.5 Å². The minimum Gasteiger partial charge on any atom is -0.369 e. The maximum absolute atomic E-state index is 13.1. The molecule has 0 saturated carbocycles. The van der Waals surface area contributed by atoms with E-state index >= 15 is 0 Å². The lowest BCUT2D eigenvalue weighted by atomic mass is 9.91. The number of imidazole rings is 1. The predicted molar refractivity (Wildman–Crippen MR) is 147 cm³/mol. The van der Waals surface area contributed by atoms with Gasteiger partial charge >= 0.3 is 0 Å². The molecule has 0 fully saturated rings. The first-order valence-corrected chi connectivity index (χ1v) is 12.3. The molecule has 3 aromatic carbocycles. The number of aromatic nitrogens is 4. The molecule has 1 atom stereocenters. The Labute approximate surface area is 214 Å². The molecule has 0 aliphatic rings. The minimum atomic E-state index is -0.0200. The number of fused-ring (bicyclic) bond motifs is 2. The van der Waals surface area contributed by atoms with E-state index in [9.17, 15) is 4.79 Å². The van der Waals surface area contributed by atoms with Crippen LogP contribution < -0.4 is 5.32 Å². The quantitative estimate of drug-likeness (QED) is 0.253. The molecule has 6 heteroatoms. The van der Waals surface area contributed by atoms with Crippen LogP contribution in [0.2, 0.25) is 0 Å². The molecule has 0 aliphatic carbocycles. The Bertz CT molecular complexity index is 1680. The number of para-hydroxylation sites is 1. The number of Topliss-reactive ketones (excluding diaryl/α,β-unsaturated/α-hetero) is 1. The Morgan fingerprint density at radius 3 is 2.43 bits per heavy atom. The average Bonchev–Trinajstić information content (AvgIpc) is 3.44. The third kappa shape index (κ3) is 4.82. The molecule has 0 aliphatic heterocycles. The van der Waals surface area contributed by atoms with Crippen LogP contribution in [0.15, 0.2) is 116 Å². The van der Waals surface area contributed by atoms with E-state index in [1.54, 1.807) is 6.20 Å². The van der Waals surface area contributed by atoms with Crippen LogP contribution in [0.25, 0.3) is 27.9 Å². The normalized spacial score (nSPS) is 12.0. The topological polar surface area (TPSA) is 72.2 Å². The van der Waals surface area contributed by atoms with Crippen LogP contribution in [-0.4, -0.2) is 31.7 Å². The van der Waals surface area contributed by atoms with E-state index in [1.807, 2.05) is 102 Å². The molecular weight excluding hydrogens is 458 g/mol. The largest absolute Gasteiger partial charge is 0.369 e. The van der Waals surface area contributed by atoms with Gasteiger partial charge in [0.25, 0.3) is 0 Å². The Morgan fingerprint density at radius 1 is 0.838 bits per heavy atom. The van der Waals surface area contributed by atoms with Crippen LogP contribution >= 0.6 is 0 Å². The number of hydrogen-bond acceptors (Lipinski definition) is 5. The minimum absolute atomic E-state index is 0.0200. The lowest BCUT2D eigenvalue weighted by Crippen LogP contribution is -2.18. The first-order valence-electron chi connectivity index (χ1n) is 12.3. The van der Waals surface area contributed by atoms with E-state index in [2.05, 4.69) is 22.4 Å². The Morgan fingerprint density at radius 2 is 1.59 bits per heavy atom. The van der Waals surface area contributed by atoms with Crippen LogP contribution in [0.1, 0.15) is 28.3 Å². The number of rotatable bonds is 8. The van der Waals surface area contributed by atoms with Crippen LogP contribution in [0.4, 0.5) is 5.82 Å². The first kappa shape index (κ1) is 22.6. The van der Waals surface area contributed by atoms with Gasteiger partial charge in [-0.3, -0.25) is 4.79 Å². The third-order valence-corrected chi connectivity index (χ3v) is 6.56. The number of carbonyl (C=O) groups excluding carboxylic acids is 1. The van der Waals surface area contributed by atoms with Crippen molar-refractivity contribution in [1.82, 2.24) is 19.4 Å². The second-order valence-corrected chi connectivity index (χ2v) is 9.01. The summed E-state index contributed by atoms with van der Waals surface area (Å²) in [6.45, 7) is 0.559. The van der Waals surface area contributed by atoms with Crippen molar-refractivity contribution in [1.29, 1.82) is 0 Å². The number of ketones is 1. The fourth-order valence-electron chi connectivity index (χ4n) is 4.61. The molecule has 0 radical (unpaired) electrons. The van der Waals surface area contributed by atoms with Crippen LogP contribution in [-0.2, 0) is 0 Å². The van der Waals surface area contributed by atoms with Crippen molar-refractivity contribution in [3.8, 4) is 11.4 Å². The highest BCUT2D eigenvalue weighted by Crippen LogP contribution is 2.28. The fraction of sp³-hybridized carbons (Fsp3) is 0.0968. The molecule has 0 saturated heterocycles. The van der Waals surface area contributed by atoms with Gasteiger partial charge in [0.15, 0.2) is 11.6 Å². The first-order chi connectivity index (χ1) is 18.2. The number of benzene rings is 3. The highest BCUT2D eigenvalue weighted by atomic mass is 16.1. The van der Waals surface area contributed by atoms with Crippen molar-refractivity contribution in [3.05, 3.63) is 127 Å². The molecule has 0 spiro atoms. The molecule has 6 aromatic rings. The summed E-state index contributed by atoms with van der Waals surface area (Å²) in [6, 6.07) is 31.6. The van der Waals surface area contributed by atoms with E-state index < -0.39 is 0 Å². The molecule has 3 aromatic heterocycles. The van der Waals surface area contributed by atoms with Gasteiger partial charge in [-0.15, -0.1) is 0 Å². The van der Waals surface area contributed by atoms with Crippen molar-refractivity contribution >= 4 is 28.2 Å². The van der Waals surface area contributed by atoms with Crippen molar-refractivity contribution in [3.63, 3.8) is 0 Å². The number of anilines is 1. The highest BCUT2D eigenvalue weighted by Gasteiger charge is 2.19. The number of nitrogens with zero attached hydrogens (tertiary/aromatic N) is 4. The summed E-state index contributed by atoms with van der Waals surface area (Å²) in [6.07, 6.45) is 6.07. The third-order valence-electron chi connectivity index (χ3n) is 6.56. The standard InChI is InChI=1S/C31H25N5O/c37-28(23-11-5-2-6-12-23)19-25(22-9-3-1-4-10-22)20-33-31-26-13-7-8-14-27(26)34-30(35-31)24-15-16-29-32-17-18-36(29)21-24/h1-18,21,25H,19-20H2,(H,33,34,35)/t25-/m1/s1. The van der Waals surface area contributed by atoms with E-state index in [0.29, 0.717) is 18.8 Å². The average molecular weight is 484 g/mol. The van der Waals surface area contributed by atoms with E-state index in [1.165, 1.54) is 0 Å². The smallest absolute Gasteiger partial charge is 0.163 e. The highest BCUT2D eigenvalue weighted by molar-refractivity contribution is 5.96. The summed E-state index contributed by atoms with van der Waals surface area (Å²) in [4.78, 5) is 27.2. The molecule has 3 heterocycles. The lowest BCUT2D eigenvalue weighted by Gasteiger charge is -2.19. The number of nitrogens with one attached hydrogen (secondary N) is 1. The van der Waals surface area contributed by atoms with E-state index in [4.69, 9.17) is 9.97 Å². The summed E-state index contributed by atoms with van der Waals surface area (Å²) in [5.74, 6) is 1.49. The molecule has 6 nitrogen and oxygen atoms in total. The molecule has 0 unspecified atom stereocenters. The predicted octanol–water partition coefficient (Wildman–Crippen LogP) is 6.41. The monoisotopic (exact) mass is 483 g/mol. The number of hydrogen-bond donors (Lipinski definition) is 1. The van der Waals surface area contributed by atoms with Gasteiger partial charge in [-0.05, 0) is 29.8 Å². The van der Waals surface area contributed by atoms with Crippen LogP contribution in [0.5, 0.6) is 0 Å². The Kier molecular flexibility index (Phi) is 6.13. The number of pyridine rings is 1. The van der Waals surface area contributed by atoms with Gasteiger partial charge in [0.2, 0.25) is 0 Å². The molecule has 0 bridgehead atoms. The zero-order valence-corrected chi connectivity index (χ0v) is 20.2. The summed E-state index contributed by atoms with van der Waals surface area (Å²) in [5, 5.41) is 4.50. The second-order valence-electron chi connectivity index (χ2n) is 9.01. The van der Waals surface area contributed by atoms with Gasteiger partial charge in [0.05, 0.1) is 5.52 Å². The van der Waals surface area contributed by atoms with Crippen molar-refractivity contribution in [2.75, 3.05) is 11.9 Å². The summed E-state index contributed by atoms with van der Waals surface area (Å²) in [7, 11) is 0. The van der Waals surface area contributed by atoms with Gasteiger partial charge in [-0.1, -0.05) is 72.8 Å². The summed E-state index contributed by atoms with van der Waals surface area (Å²) in [5.41, 5.74) is 4.48. The second kappa shape index (κ2) is 10.0. The van der Waals surface area contributed by atoms with E-state index in [0.717, 1.165) is 39.1 Å². The molecule has 1 N–H and O–H groups in total. The zero-order valence-electron chi connectivity index (χ0n) is 20.2. The number of carbonyl (C=O) groups is 1. The van der Waals surface area contributed by atoms with Gasteiger partial charge in [-0.25, -0.2) is 15.0 Å². The molecule has 37 heavy (non-hydrogen) atoms. The molecular formula is C31H25N5O. The molecule has 180 valence electrons. The fourth-order valence-corrected chi connectivity index (χ4v) is 4.61. The van der Waals surface area contributed by atoms with Gasteiger partial charge in [0, 0.05) is 54.0 Å². The summed E-state index contributed by atoms with van der Waals surface area (Å²) >= 11 is 0. The molecule has 0 amide bonds. The molecule has 6 rings (SSSR count). The van der Waals surface area contributed by atoms with Crippen molar-refractivity contribution in [2.24, 2.45) is 0 Å². The summed E-state index contributed by atoms with van der Waals surface area (Å²) < 4.78 is 1.96. The maximum Gasteiger partial charge on any atom is 0.163 e.